The predicted molar refractivity (Wildman–Crippen MR) is 89.3 cm³/mol. The van der Waals surface area contributed by atoms with Gasteiger partial charge in [-0.05, 0) is 24.1 Å². The highest BCUT2D eigenvalue weighted by Gasteiger charge is 2.17. The summed E-state index contributed by atoms with van der Waals surface area (Å²) in [4.78, 5) is 35.0. The van der Waals surface area contributed by atoms with E-state index >= 15 is 0 Å². The molecule has 0 aliphatic carbocycles. The second-order valence-corrected chi connectivity index (χ2v) is 5.72. The molecule has 7 nitrogen and oxygen atoms in total. The van der Waals surface area contributed by atoms with Gasteiger partial charge >= 0.3 is 0 Å². The molecule has 0 aromatic heterocycles. The van der Waals surface area contributed by atoms with E-state index in [9.17, 15) is 14.4 Å². The van der Waals surface area contributed by atoms with Crippen LogP contribution in [-0.2, 0) is 9.59 Å². The van der Waals surface area contributed by atoms with Gasteiger partial charge in [-0.15, -0.1) is 0 Å². The van der Waals surface area contributed by atoms with Gasteiger partial charge < -0.3 is 21.7 Å². The van der Waals surface area contributed by atoms with E-state index in [2.05, 4.69) is 16.0 Å². The summed E-state index contributed by atoms with van der Waals surface area (Å²) in [5, 5.41) is 7.72. The summed E-state index contributed by atoms with van der Waals surface area (Å²) in [6.45, 7) is 3.44. The Morgan fingerprint density at radius 2 is 1.91 bits per heavy atom. The molecule has 1 rings (SSSR count). The zero-order valence-electron chi connectivity index (χ0n) is 13.3. The number of nitrogens with two attached hydrogens (primary N) is 1. The third-order valence-corrected chi connectivity index (χ3v) is 3.48. The first-order chi connectivity index (χ1) is 10.8. The maximum Gasteiger partial charge on any atom is 0.252 e. The van der Waals surface area contributed by atoms with Gasteiger partial charge in [-0.25, -0.2) is 0 Å². The number of hydrogen-bond donors (Lipinski definition) is 4. The van der Waals surface area contributed by atoms with Crippen molar-refractivity contribution in [2.75, 3.05) is 18.9 Å². The number of anilines is 1. The Labute approximate surface area is 139 Å². The fourth-order valence-corrected chi connectivity index (χ4v) is 1.97. The first-order valence-corrected chi connectivity index (χ1v) is 7.48. The van der Waals surface area contributed by atoms with Crippen LogP contribution in [0.1, 0.15) is 24.2 Å². The summed E-state index contributed by atoms with van der Waals surface area (Å²) >= 11 is 5.99. The van der Waals surface area contributed by atoms with Crippen LogP contribution in [0.5, 0.6) is 0 Å². The fourth-order valence-electron chi connectivity index (χ4n) is 1.70. The van der Waals surface area contributed by atoms with Crippen LogP contribution in [0.2, 0.25) is 5.02 Å². The van der Waals surface area contributed by atoms with Gasteiger partial charge in [0.2, 0.25) is 11.8 Å². The van der Waals surface area contributed by atoms with E-state index in [1.165, 1.54) is 19.2 Å². The minimum Gasteiger partial charge on any atom is -0.355 e. The number of rotatable bonds is 6. The van der Waals surface area contributed by atoms with Crippen molar-refractivity contribution in [3.05, 3.63) is 28.8 Å². The monoisotopic (exact) mass is 340 g/mol. The minimum atomic E-state index is -0.663. The number of nitrogens with one attached hydrogen (secondary N) is 3. The lowest BCUT2D eigenvalue weighted by atomic mass is 10.1. The van der Waals surface area contributed by atoms with Crippen LogP contribution in [0, 0.1) is 5.92 Å². The quantitative estimate of drug-likeness (QED) is 0.611. The number of benzene rings is 1. The molecule has 0 radical (unpaired) electrons. The van der Waals surface area contributed by atoms with Gasteiger partial charge in [0.05, 0.1) is 23.2 Å². The lowest BCUT2D eigenvalue weighted by Crippen LogP contribution is -2.46. The van der Waals surface area contributed by atoms with Gasteiger partial charge in [-0.2, -0.15) is 0 Å². The average Bonchev–Trinajstić information content (AvgIpc) is 2.51. The highest BCUT2D eigenvalue weighted by molar-refractivity contribution is 6.34. The molecule has 1 aromatic rings. The lowest BCUT2D eigenvalue weighted by Gasteiger charge is -2.15. The summed E-state index contributed by atoms with van der Waals surface area (Å²) < 4.78 is 0. The summed E-state index contributed by atoms with van der Waals surface area (Å²) in [6, 6.07) is 3.86. The fraction of sp³-hybridized carbons (Fsp3) is 0.400. The molecule has 1 aromatic carbocycles. The van der Waals surface area contributed by atoms with Gasteiger partial charge in [0.25, 0.3) is 5.91 Å². The topological polar surface area (TPSA) is 113 Å². The summed E-state index contributed by atoms with van der Waals surface area (Å²) in [6.07, 6.45) is 0. The second kappa shape index (κ2) is 8.50. The zero-order chi connectivity index (χ0) is 17.6. The van der Waals surface area contributed by atoms with Crippen molar-refractivity contribution >= 4 is 35.0 Å². The van der Waals surface area contributed by atoms with Gasteiger partial charge in [-0.1, -0.05) is 25.4 Å². The van der Waals surface area contributed by atoms with Crippen LogP contribution >= 0.6 is 11.6 Å². The smallest absolute Gasteiger partial charge is 0.252 e. The second-order valence-electron chi connectivity index (χ2n) is 5.31. The zero-order valence-corrected chi connectivity index (χ0v) is 14.0. The average molecular weight is 341 g/mol. The van der Waals surface area contributed by atoms with Crippen molar-refractivity contribution in [1.82, 2.24) is 10.6 Å². The number of amides is 3. The van der Waals surface area contributed by atoms with Crippen LogP contribution in [-0.4, -0.2) is 37.4 Å². The van der Waals surface area contributed by atoms with Crippen molar-refractivity contribution in [3.63, 3.8) is 0 Å². The Kier molecular flexibility index (Phi) is 6.99. The molecule has 0 fully saturated rings. The van der Waals surface area contributed by atoms with E-state index < -0.39 is 11.9 Å². The largest absolute Gasteiger partial charge is 0.355 e. The van der Waals surface area contributed by atoms with Gasteiger partial charge in [0.1, 0.15) is 0 Å². The Bertz CT molecular complexity index is 604. The molecule has 5 N–H and O–H groups in total. The molecule has 0 bridgehead atoms. The lowest BCUT2D eigenvalue weighted by molar-refractivity contribution is -0.125. The Morgan fingerprint density at radius 3 is 2.43 bits per heavy atom. The Hall–Kier alpha value is -2.12. The van der Waals surface area contributed by atoms with Crippen LogP contribution < -0.4 is 21.7 Å². The van der Waals surface area contributed by atoms with Crippen LogP contribution in [0.4, 0.5) is 5.69 Å². The van der Waals surface area contributed by atoms with E-state index in [-0.39, 0.29) is 29.3 Å². The first kappa shape index (κ1) is 18.9. The Morgan fingerprint density at radius 1 is 1.26 bits per heavy atom. The molecule has 8 heteroatoms. The van der Waals surface area contributed by atoms with Gasteiger partial charge in [0, 0.05) is 12.7 Å². The number of carbonyl (C=O) groups is 3. The van der Waals surface area contributed by atoms with Crippen molar-refractivity contribution in [2.24, 2.45) is 11.7 Å². The maximum atomic E-state index is 11.8. The third-order valence-electron chi connectivity index (χ3n) is 3.17. The minimum absolute atomic E-state index is 0.0193. The molecule has 23 heavy (non-hydrogen) atoms. The maximum absolute atomic E-state index is 11.8. The van der Waals surface area contributed by atoms with Crippen molar-refractivity contribution in [1.29, 1.82) is 0 Å². The molecule has 1 atom stereocenters. The third kappa shape index (κ3) is 5.54. The molecule has 0 unspecified atom stereocenters. The van der Waals surface area contributed by atoms with E-state index in [0.29, 0.717) is 11.3 Å². The number of halogens is 1. The highest BCUT2D eigenvalue weighted by atomic mass is 35.5. The molecule has 0 aliphatic rings. The molecular formula is C15H21ClN4O3. The molecule has 0 saturated heterocycles. The normalized spacial score (nSPS) is 11.7. The molecule has 0 spiro atoms. The molecule has 0 aliphatic heterocycles. The van der Waals surface area contributed by atoms with E-state index in [1.54, 1.807) is 6.07 Å². The van der Waals surface area contributed by atoms with Crippen molar-refractivity contribution in [2.45, 2.75) is 19.9 Å². The Balaban J connectivity index is 2.60. The molecule has 0 heterocycles. The molecule has 0 saturated carbocycles. The predicted octanol–water partition coefficient (Wildman–Crippen LogP) is 0.738. The van der Waals surface area contributed by atoms with Crippen LogP contribution in [0.25, 0.3) is 0 Å². The van der Waals surface area contributed by atoms with E-state index in [1.807, 2.05) is 13.8 Å². The van der Waals surface area contributed by atoms with Crippen LogP contribution in [0.3, 0.4) is 0 Å². The summed E-state index contributed by atoms with van der Waals surface area (Å²) in [5.41, 5.74) is 6.41. The van der Waals surface area contributed by atoms with Gasteiger partial charge in [0.15, 0.2) is 0 Å². The van der Waals surface area contributed by atoms with Crippen molar-refractivity contribution in [3.8, 4) is 0 Å². The first-order valence-electron chi connectivity index (χ1n) is 7.11. The number of hydrogen-bond acceptors (Lipinski definition) is 4. The standard InChI is InChI=1S/C15H21ClN4O3/c1-8(2)13(17)15(23)19-7-12(21)20-9-4-5-10(11(16)6-9)14(22)18-3/h4-6,8,13H,7,17H2,1-3H3,(H,18,22)(H,19,23)(H,20,21)/t13-/m0/s1. The van der Waals surface area contributed by atoms with E-state index in [4.69, 9.17) is 17.3 Å². The summed E-state index contributed by atoms with van der Waals surface area (Å²) in [5.74, 6) is -1.14. The molecule has 3 amide bonds. The van der Waals surface area contributed by atoms with Crippen LogP contribution in [0.15, 0.2) is 18.2 Å². The van der Waals surface area contributed by atoms with E-state index in [0.717, 1.165) is 0 Å². The molecular weight excluding hydrogens is 320 g/mol. The van der Waals surface area contributed by atoms with Gasteiger partial charge in [-0.3, -0.25) is 14.4 Å². The number of carbonyl (C=O) groups excluding carboxylic acids is 3. The molecule has 126 valence electrons. The van der Waals surface area contributed by atoms with Crippen molar-refractivity contribution < 1.29 is 14.4 Å². The SMILES string of the molecule is CNC(=O)c1ccc(NC(=O)CNC(=O)[C@@H](N)C(C)C)cc1Cl. The summed E-state index contributed by atoms with van der Waals surface area (Å²) in [7, 11) is 1.50. The highest BCUT2D eigenvalue weighted by Crippen LogP contribution is 2.20.